The van der Waals surface area contributed by atoms with Crippen molar-refractivity contribution >= 4 is 28.3 Å². The van der Waals surface area contributed by atoms with E-state index in [1.165, 1.54) is 43.8 Å². The van der Waals surface area contributed by atoms with E-state index in [4.69, 9.17) is 28.3 Å². The molecule has 0 unspecified atom stereocenters. The fourth-order valence-corrected chi connectivity index (χ4v) is 1.82. The molecule has 3 aliphatic heterocycles. The number of fused-ring (bicyclic) bond motifs is 3. The molecular formula is C7H15Cl3N2Pt+. The van der Waals surface area contributed by atoms with Crippen LogP contribution in [0.15, 0.2) is 0 Å². The van der Waals surface area contributed by atoms with Gasteiger partial charge in [-0.1, -0.05) is 0 Å². The van der Waals surface area contributed by atoms with Gasteiger partial charge in [0.1, 0.15) is 0 Å². The minimum absolute atomic E-state index is 1.34. The van der Waals surface area contributed by atoms with E-state index in [0.717, 1.165) is 0 Å². The monoisotopic (exact) mass is 427 g/mol. The van der Waals surface area contributed by atoms with E-state index in [0.29, 0.717) is 0 Å². The number of piperazine rings is 3. The molecule has 2 bridgehead atoms. The van der Waals surface area contributed by atoms with Crippen LogP contribution in [0.3, 0.4) is 0 Å². The van der Waals surface area contributed by atoms with E-state index in [2.05, 4.69) is 11.9 Å². The Labute approximate surface area is 97.7 Å². The van der Waals surface area contributed by atoms with Crippen LogP contribution in [0, 0.1) is 0 Å². The zero-order valence-electron chi connectivity index (χ0n) is 7.59. The summed E-state index contributed by atoms with van der Waals surface area (Å²) in [6.07, 6.45) is 0. The van der Waals surface area contributed by atoms with Crippen molar-refractivity contribution in [2.45, 2.75) is 0 Å². The first-order valence-electron chi connectivity index (χ1n) is 4.20. The summed E-state index contributed by atoms with van der Waals surface area (Å²) in [5.74, 6) is 0. The molecule has 0 aromatic rings. The third-order valence-electron chi connectivity index (χ3n) is 2.87. The molecule has 6 heteroatoms. The fraction of sp³-hybridized carbons (Fsp3) is 1.00. The number of hydrogen-bond donors (Lipinski definition) is 0. The molecule has 0 aromatic carbocycles. The Morgan fingerprint density at radius 3 is 1.46 bits per heavy atom. The van der Waals surface area contributed by atoms with Crippen molar-refractivity contribution < 1.29 is 18.7 Å². The molecule has 0 spiro atoms. The van der Waals surface area contributed by atoms with Gasteiger partial charge in [-0.3, -0.25) is 4.90 Å². The Bertz CT molecular complexity index is 143. The summed E-state index contributed by atoms with van der Waals surface area (Å²) in [5, 5.41) is 0. The van der Waals surface area contributed by atoms with Crippen molar-refractivity contribution in [2.24, 2.45) is 0 Å². The van der Waals surface area contributed by atoms with E-state index in [1.807, 2.05) is 0 Å². The first-order chi connectivity index (χ1) is 6.02. The minimum atomic E-state index is -1.85. The Morgan fingerprint density at radius 1 is 1.00 bits per heavy atom. The van der Waals surface area contributed by atoms with Crippen LogP contribution in [0.4, 0.5) is 0 Å². The van der Waals surface area contributed by atoms with Crippen LogP contribution >= 0.6 is 28.3 Å². The zero-order chi connectivity index (χ0) is 9.90. The van der Waals surface area contributed by atoms with Crippen molar-refractivity contribution in [1.29, 1.82) is 0 Å². The second kappa shape index (κ2) is 5.53. The van der Waals surface area contributed by atoms with Gasteiger partial charge in [0.25, 0.3) is 0 Å². The quantitative estimate of drug-likeness (QED) is 0.532. The molecular weight excluding hydrogens is 414 g/mol. The van der Waals surface area contributed by atoms with Crippen LogP contribution < -0.4 is 0 Å². The molecule has 3 fully saturated rings. The zero-order valence-corrected chi connectivity index (χ0v) is 12.1. The molecule has 0 N–H and O–H groups in total. The summed E-state index contributed by atoms with van der Waals surface area (Å²) < 4.78 is 1.34. The van der Waals surface area contributed by atoms with Crippen LogP contribution in [-0.4, -0.2) is 55.7 Å². The maximum atomic E-state index is 4.96. The second-order valence-corrected chi connectivity index (χ2v) is 13.6. The van der Waals surface area contributed by atoms with E-state index in [-0.39, 0.29) is 0 Å². The molecule has 2 nitrogen and oxygen atoms in total. The summed E-state index contributed by atoms with van der Waals surface area (Å²) in [4.78, 5) is 2.57. The number of likely N-dealkylation sites (N-methyl/N-ethyl adjacent to an activating group) is 1. The standard InChI is InChI=1S/C7H15N2.3ClH.Pt/c1-9-5-2-8(3-6-9)4-7-9;;;;/h2-7H2,1H3;3*1H;/q+1;;;;+3/p-3. The van der Waals surface area contributed by atoms with Gasteiger partial charge in [0.2, 0.25) is 0 Å². The van der Waals surface area contributed by atoms with Crippen molar-refractivity contribution in [3.63, 3.8) is 0 Å². The number of hydrogen-bond acceptors (Lipinski definition) is 1. The van der Waals surface area contributed by atoms with E-state index >= 15 is 0 Å². The average molecular weight is 429 g/mol. The molecule has 0 amide bonds. The molecule has 3 aliphatic rings. The molecule has 0 aromatic heterocycles. The first kappa shape index (κ1) is 12.5. The fourth-order valence-electron chi connectivity index (χ4n) is 1.82. The van der Waals surface area contributed by atoms with Gasteiger partial charge in [-0.25, -0.2) is 0 Å². The Hall–Kier alpha value is 1.48. The summed E-state index contributed by atoms with van der Waals surface area (Å²) >= 11 is -1.85. The van der Waals surface area contributed by atoms with Crippen molar-refractivity contribution in [1.82, 2.24) is 4.90 Å². The summed E-state index contributed by atoms with van der Waals surface area (Å²) in [7, 11) is 17.3. The molecule has 3 rings (SSSR count). The topological polar surface area (TPSA) is 3.24 Å². The molecule has 13 heavy (non-hydrogen) atoms. The van der Waals surface area contributed by atoms with Gasteiger partial charge in [0, 0.05) is 19.6 Å². The van der Waals surface area contributed by atoms with Gasteiger partial charge in [-0.15, -0.1) is 0 Å². The van der Waals surface area contributed by atoms with Crippen molar-refractivity contribution in [3.05, 3.63) is 0 Å². The van der Waals surface area contributed by atoms with Gasteiger partial charge in [0.15, 0.2) is 0 Å². The average Bonchev–Trinajstić information content (AvgIpc) is 2.04. The maximum absolute atomic E-state index is 4.96. The summed E-state index contributed by atoms with van der Waals surface area (Å²) in [5.41, 5.74) is 0. The van der Waals surface area contributed by atoms with Gasteiger partial charge < -0.3 is 4.48 Å². The van der Waals surface area contributed by atoms with Crippen LogP contribution in [0.2, 0.25) is 0 Å². The Balaban J connectivity index is 0.000000184. The third-order valence-corrected chi connectivity index (χ3v) is 2.87. The van der Waals surface area contributed by atoms with Gasteiger partial charge >= 0.3 is 42.4 Å². The Morgan fingerprint density at radius 2 is 1.31 bits per heavy atom. The predicted molar refractivity (Wildman–Crippen MR) is 54.8 cm³/mol. The molecule has 0 saturated carbocycles. The molecule has 3 saturated heterocycles. The Kier molecular flexibility index (Phi) is 5.34. The first-order valence-corrected chi connectivity index (χ1v) is 12.6. The van der Waals surface area contributed by atoms with E-state index < -0.39 is 14.2 Å². The van der Waals surface area contributed by atoms with E-state index in [1.54, 1.807) is 0 Å². The van der Waals surface area contributed by atoms with Crippen LogP contribution in [-0.2, 0) is 14.2 Å². The van der Waals surface area contributed by atoms with Crippen molar-refractivity contribution in [3.8, 4) is 0 Å². The second-order valence-electron chi connectivity index (χ2n) is 3.77. The molecule has 83 valence electrons. The summed E-state index contributed by atoms with van der Waals surface area (Å²) in [6.45, 7) is 8.20. The normalized spacial score (nSPS) is 37.8. The van der Waals surface area contributed by atoms with E-state index in [9.17, 15) is 0 Å². The van der Waals surface area contributed by atoms with Crippen LogP contribution in [0.5, 0.6) is 0 Å². The van der Waals surface area contributed by atoms with Gasteiger partial charge in [-0.05, 0) is 0 Å². The SMILES string of the molecule is C[N+]12CCN(CC1)CC2.[Cl][Pt]([Cl])[Cl]. The van der Waals surface area contributed by atoms with Crippen LogP contribution in [0.1, 0.15) is 0 Å². The molecule has 3 heterocycles. The molecule has 0 atom stereocenters. The summed E-state index contributed by atoms with van der Waals surface area (Å²) in [6, 6.07) is 0. The molecule has 0 aliphatic carbocycles. The van der Waals surface area contributed by atoms with Gasteiger partial charge in [0.05, 0.1) is 26.7 Å². The van der Waals surface area contributed by atoms with Crippen LogP contribution in [0.25, 0.3) is 0 Å². The number of rotatable bonds is 0. The number of halogens is 3. The van der Waals surface area contributed by atoms with Crippen molar-refractivity contribution in [2.75, 3.05) is 46.3 Å². The number of nitrogens with zero attached hydrogens (tertiary/aromatic N) is 2. The predicted octanol–water partition coefficient (Wildman–Crippen LogP) is 1.83. The third kappa shape index (κ3) is 4.68. The van der Waals surface area contributed by atoms with Gasteiger partial charge in [-0.2, -0.15) is 0 Å². The molecule has 0 radical (unpaired) electrons. The number of quaternary nitrogens is 1.